The van der Waals surface area contributed by atoms with Crippen LogP contribution < -0.4 is 10.6 Å². The van der Waals surface area contributed by atoms with Crippen LogP contribution in [0.5, 0.6) is 0 Å². The number of carbonyl (C=O) groups is 2. The zero-order valence-electron chi connectivity index (χ0n) is 14.5. The number of halogens is 1. The minimum Gasteiger partial charge on any atom is -0.426 e. The van der Waals surface area contributed by atoms with Crippen LogP contribution in [0.15, 0.2) is 29.4 Å². The van der Waals surface area contributed by atoms with Crippen molar-refractivity contribution in [2.45, 2.75) is 38.7 Å². The fourth-order valence-corrected chi connectivity index (χ4v) is 2.65. The number of oxime groups is 1. The molecule has 26 heavy (non-hydrogen) atoms. The number of nitrogens with one attached hydrogen (secondary N) is 2. The molecule has 4 N–H and O–H groups in total. The molecule has 1 heterocycles. The molecule has 1 aliphatic rings. The maximum atomic E-state index is 12.2. The monoisotopic (exact) mass is 381 g/mol. The van der Waals surface area contributed by atoms with Gasteiger partial charge in [0.15, 0.2) is 0 Å². The van der Waals surface area contributed by atoms with Crippen molar-refractivity contribution in [2.75, 3.05) is 5.32 Å². The Bertz CT molecular complexity index is 698. The first kappa shape index (κ1) is 20.2. The Morgan fingerprint density at radius 1 is 1.42 bits per heavy atom. The first-order chi connectivity index (χ1) is 12.3. The van der Waals surface area contributed by atoms with Gasteiger partial charge in [0.25, 0.3) is 11.8 Å². The zero-order valence-corrected chi connectivity index (χ0v) is 15.2. The molecular weight excluding hydrogens is 360 g/mol. The second-order valence-electron chi connectivity index (χ2n) is 6.46. The van der Waals surface area contributed by atoms with Gasteiger partial charge in [-0.15, -0.1) is 0 Å². The minimum absolute atomic E-state index is 0.0197. The van der Waals surface area contributed by atoms with E-state index in [4.69, 9.17) is 16.4 Å². The van der Waals surface area contributed by atoms with Gasteiger partial charge in [-0.3, -0.25) is 9.59 Å². The van der Waals surface area contributed by atoms with Crippen molar-refractivity contribution < 1.29 is 24.5 Å². The molecule has 2 rings (SSSR count). The van der Waals surface area contributed by atoms with Gasteiger partial charge in [0.05, 0.1) is 5.94 Å². The minimum atomic E-state index is -1.69. The van der Waals surface area contributed by atoms with Crippen molar-refractivity contribution in [2.24, 2.45) is 11.1 Å². The van der Waals surface area contributed by atoms with Gasteiger partial charge < -0.3 is 25.5 Å². The number of carbonyl (C=O) groups excluding carboxylic acids is 2. The summed E-state index contributed by atoms with van der Waals surface area (Å²) in [5.41, 5.74) is 0.564. The third-order valence-corrected chi connectivity index (χ3v) is 3.95. The first-order valence-corrected chi connectivity index (χ1v) is 8.60. The number of amides is 2. The summed E-state index contributed by atoms with van der Waals surface area (Å²) in [6.45, 7) is 3.80. The molecule has 0 radical (unpaired) electrons. The van der Waals surface area contributed by atoms with Crippen molar-refractivity contribution in [3.05, 3.63) is 29.3 Å². The fraction of sp³-hybridized carbons (Fsp3) is 0.438. The van der Waals surface area contributed by atoms with Gasteiger partial charge in [-0.25, -0.2) is 0 Å². The number of rotatable bonds is 7. The molecule has 0 saturated heterocycles. The first-order valence-electron chi connectivity index (χ1n) is 8.22. The van der Waals surface area contributed by atoms with E-state index in [1.54, 1.807) is 24.3 Å². The molecule has 0 aliphatic carbocycles. The quantitative estimate of drug-likeness (QED) is 0.524. The summed E-state index contributed by atoms with van der Waals surface area (Å²) in [6, 6.07) is 6.62. The Hall–Kier alpha value is -2.10. The van der Waals surface area contributed by atoms with E-state index in [-0.39, 0.29) is 18.1 Å². The molecule has 140 valence electrons. The van der Waals surface area contributed by atoms with Crippen LogP contribution in [0.1, 0.15) is 26.7 Å². The lowest BCUT2D eigenvalue weighted by atomic mass is 9.75. The maximum Gasteiger partial charge on any atom is 0.475 e. The summed E-state index contributed by atoms with van der Waals surface area (Å²) in [4.78, 5) is 29.4. The van der Waals surface area contributed by atoms with Crippen LogP contribution in [-0.2, 0) is 14.4 Å². The van der Waals surface area contributed by atoms with Crippen LogP contribution in [0.25, 0.3) is 0 Å². The smallest absolute Gasteiger partial charge is 0.426 e. The van der Waals surface area contributed by atoms with E-state index in [0.29, 0.717) is 17.1 Å². The van der Waals surface area contributed by atoms with Crippen LogP contribution in [0, 0.1) is 5.92 Å². The topological polar surface area (TPSA) is 120 Å². The standard InChI is InChI=1S/C16H21BClN3O5/c1-9(2)6-14(17(24)25)20-16(23)13-8-12(21-26-13)15(22)19-11-5-3-4-10(18)7-11/h3-5,7,9,13-14,24-25H,6,8H2,1-2H3,(H,19,22)(H,20,23). The molecule has 1 aromatic carbocycles. The highest BCUT2D eigenvalue weighted by atomic mass is 35.5. The highest BCUT2D eigenvalue weighted by Crippen LogP contribution is 2.17. The van der Waals surface area contributed by atoms with Gasteiger partial charge in [0.1, 0.15) is 5.71 Å². The molecule has 1 aliphatic heterocycles. The summed E-state index contributed by atoms with van der Waals surface area (Å²) in [6.07, 6.45) is -0.628. The fourth-order valence-electron chi connectivity index (χ4n) is 2.46. The largest absolute Gasteiger partial charge is 0.475 e. The zero-order chi connectivity index (χ0) is 19.3. The van der Waals surface area contributed by atoms with E-state index in [1.165, 1.54) is 0 Å². The highest BCUT2D eigenvalue weighted by molar-refractivity contribution is 6.44. The van der Waals surface area contributed by atoms with E-state index in [2.05, 4.69) is 15.8 Å². The lowest BCUT2D eigenvalue weighted by Crippen LogP contribution is -2.50. The van der Waals surface area contributed by atoms with Gasteiger partial charge in [0, 0.05) is 17.1 Å². The Labute approximate surface area is 156 Å². The number of hydrogen-bond acceptors (Lipinski definition) is 6. The van der Waals surface area contributed by atoms with Crippen molar-refractivity contribution in [1.82, 2.24) is 5.32 Å². The highest BCUT2D eigenvalue weighted by Gasteiger charge is 2.35. The van der Waals surface area contributed by atoms with Crippen molar-refractivity contribution >= 4 is 41.9 Å². The second-order valence-corrected chi connectivity index (χ2v) is 6.90. The Morgan fingerprint density at radius 2 is 2.15 bits per heavy atom. The lowest BCUT2D eigenvalue weighted by molar-refractivity contribution is -0.131. The summed E-state index contributed by atoms with van der Waals surface area (Å²) in [5, 5.41) is 28.0. The van der Waals surface area contributed by atoms with Gasteiger partial charge in [-0.2, -0.15) is 0 Å². The van der Waals surface area contributed by atoms with E-state index in [0.717, 1.165) is 0 Å². The SMILES string of the molecule is CC(C)CC(NC(=O)C1CC(C(=O)Nc2cccc(Cl)c2)=NO1)B(O)O. The van der Waals surface area contributed by atoms with Crippen LogP contribution in [0.2, 0.25) is 5.02 Å². The Morgan fingerprint density at radius 3 is 2.77 bits per heavy atom. The average molecular weight is 382 g/mol. The van der Waals surface area contributed by atoms with E-state index in [1.807, 2.05) is 13.8 Å². The summed E-state index contributed by atoms with van der Waals surface area (Å²) in [5.74, 6) is -1.72. The van der Waals surface area contributed by atoms with Crippen LogP contribution in [0.4, 0.5) is 5.69 Å². The second kappa shape index (κ2) is 9.02. The van der Waals surface area contributed by atoms with Crippen LogP contribution in [0.3, 0.4) is 0 Å². The third-order valence-electron chi connectivity index (χ3n) is 3.72. The maximum absolute atomic E-state index is 12.2. The predicted octanol–water partition coefficient (Wildman–Crippen LogP) is 0.966. The van der Waals surface area contributed by atoms with E-state index < -0.39 is 31.0 Å². The van der Waals surface area contributed by atoms with Crippen LogP contribution >= 0.6 is 11.6 Å². The Balaban J connectivity index is 1.90. The molecule has 0 aromatic heterocycles. The molecule has 1 aromatic rings. The van der Waals surface area contributed by atoms with Gasteiger partial charge in [-0.1, -0.05) is 36.7 Å². The number of anilines is 1. The van der Waals surface area contributed by atoms with E-state index in [9.17, 15) is 19.6 Å². The molecule has 0 bridgehead atoms. The summed E-state index contributed by atoms with van der Waals surface area (Å²) >= 11 is 5.86. The van der Waals surface area contributed by atoms with Crippen molar-refractivity contribution in [3.63, 3.8) is 0 Å². The molecule has 0 fully saturated rings. The predicted molar refractivity (Wildman–Crippen MR) is 98.6 cm³/mol. The molecule has 8 nitrogen and oxygen atoms in total. The van der Waals surface area contributed by atoms with Crippen LogP contribution in [-0.4, -0.2) is 46.7 Å². The molecule has 0 saturated carbocycles. The number of nitrogens with zero attached hydrogens (tertiary/aromatic N) is 1. The average Bonchev–Trinajstić information content (AvgIpc) is 3.04. The molecule has 0 spiro atoms. The van der Waals surface area contributed by atoms with Gasteiger partial charge >= 0.3 is 7.12 Å². The summed E-state index contributed by atoms with van der Waals surface area (Å²) in [7, 11) is -1.69. The third kappa shape index (κ3) is 5.72. The molecule has 2 unspecified atom stereocenters. The number of hydrogen-bond donors (Lipinski definition) is 4. The normalized spacial score (nSPS) is 17.3. The molecular formula is C16H21BClN3O5. The number of benzene rings is 1. The van der Waals surface area contributed by atoms with Gasteiger partial charge in [-0.05, 0) is 30.5 Å². The van der Waals surface area contributed by atoms with Crippen molar-refractivity contribution in [3.8, 4) is 0 Å². The Kier molecular flexibility index (Phi) is 7.02. The molecule has 10 heteroatoms. The molecule has 2 atom stereocenters. The van der Waals surface area contributed by atoms with Gasteiger partial charge in [0.2, 0.25) is 6.10 Å². The summed E-state index contributed by atoms with van der Waals surface area (Å²) < 4.78 is 0. The van der Waals surface area contributed by atoms with E-state index >= 15 is 0 Å². The lowest BCUT2D eigenvalue weighted by Gasteiger charge is -2.20. The van der Waals surface area contributed by atoms with Crippen molar-refractivity contribution in [1.29, 1.82) is 0 Å². The molecule has 2 amide bonds.